The Morgan fingerprint density at radius 1 is 1.11 bits per heavy atom. The first-order valence-electron chi connectivity index (χ1n) is 8.85. The van der Waals surface area contributed by atoms with Gasteiger partial charge in [-0.15, -0.1) is 23.5 Å². The molecule has 1 fully saturated rings. The van der Waals surface area contributed by atoms with Crippen LogP contribution in [0, 0.1) is 6.92 Å². The van der Waals surface area contributed by atoms with Gasteiger partial charge in [-0.2, -0.15) is 0 Å². The van der Waals surface area contributed by atoms with E-state index in [1.165, 1.54) is 12.7 Å². The minimum Gasteiger partial charge on any atom is -0.465 e. The van der Waals surface area contributed by atoms with Crippen molar-refractivity contribution in [3.63, 3.8) is 0 Å². The first-order chi connectivity index (χ1) is 13.0. The average Bonchev–Trinajstić information content (AvgIpc) is 3.27. The fourth-order valence-corrected chi connectivity index (χ4v) is 7.28. The summed E-state index contributed by atoms with van der Waals surface area (Å²) in [7, 11) is 1.32. The van der Waals surface area contributed by atoms with E-state index in [4.69, 9.17) is 9.15 Å². The number of thioether (sulfide) groups is 2. The summed E-state index contributed by atoms with van der Waals surface area (Å²) in [6, 6.07) is 6.28. The topological polar surface area (TPSA) is 65.7 Å². The molecule has 5 nitrogen and oxygen atoms in total. The molecule has 27 heavy (non-hydrogen) atoms. The Morgan fingerprint density at radius 2 is 1.81 bits per heavy atom. The maximum Gasteiger partial charge on any atom is 0.379 e. The molecule has 1 saturated heterocycles. The summed E-state index contributed by atoms with van der Waals surface area (Å²) < 4.78 is 16.1. The van der Waals surface area contributed by atoms with Crippen LogP contribution in [-0.2, 0) is 15.2 Å². The number of benzene rings is 1. The third kappa shape index (κ3) is 3.27. The fourth-order valence-electron chi connectivity index (χ4n) is 3.72. The van der Waals surface area contributed by atoms with Crippen LogP contribution in [0.1, 0.15) is 50.6 Å². The first kappa shape index (κ1) is 18.5. The fraction of sp³-hybridized carbons (Fsp3) is 0.400. The lowest BCUT2D eigenvalue weighted by Crippen LogP contribution is -2.21. The summed E-state index contributed by atoms with van der Waals surface area (Å²) in [6.45, 7) is 1.95. The lowest BCUT2D eigenvalue weighted by atomic mass is 9.94. The summed E-state index contributed by atoms with van der Waals surface area (Å²) in [5.41, 5.74) is 2.48. The second-order valence-corrected chi connectivity index (χ2v) is 9.61. The zero-order chi connectivity index (χ0) is 19.0. The van der Waals surface area contributed by atoms with Crippen LogP contribution in [0.4, 0.5) is 0 Å². The second kappa shape index (κ2) is 7.28. The predicted molar refractivity (Wildman–Crippen MR) is 106 cm³/mol. The van der Waals surface area contributed by atoms with Gasteiger partial charge < -0.3 is 13.9 Å². The monoisotopic (exact) mass is 404 g/mol. The number of fused-ring (bicyclic) bond motifs is 2. The van der Waals surface area contributed by atoms with Crippen molar-refractivity contribution in [2.24, 2.45) is 0 Å². The van der Waals surface area contributed by atoms with E-state index in [0.717, 1.165) is 42.1 Å². The van der Waals surface area contributed by atoms with Crippen molar-refractivity contribution in [3.05, 3.63) is 52.5 Å². The maximum absolute atomic E-state index is 12.7. The largest absolute Gasteiger partial charge is 0.465 e. The summed E-state index contributed by atoms with van der Waals surface area (Å²) >= 11 is 3.93. The number of carbonyl (C=O) groups excluding carboxylic acids is 2. The Morgan fingerprint density at radius 3 is 2.48 bits per heavy atom. The van der Waals surface area contributed by atoms with Gasteiger partial charge in [0.25, 0.3) is 0 Å². The van der Waals surface area contributed by atoms with Crippen molar-refractivity contribution in [1.29, 1.82) is 0 Å². The van der Waals surface area contributed by atoms with E-state index < -0.39 is 11.9 Å². The molecule has 0 atom stereocenters. The van der Waals surface area contributed by atoms with E-state index in [9.17, 15) is 9.59 Å². The Balaban J connectivity index is 1.58. The van der Waals surface area contributed by atoms with Crippen LogP contribution in [0.15, 0.2) is 28.7 Å². The van der Waals surface area contributed by atoms with Crippen LogP contribution in [-0.4, -0.2) is 30.6 Å². The van der Waals surface area contributed by atoms with E-state index in [2.05, 4.69) is 4.74 Å². The molecule has 1 aromatic heterocycles. The SMILES string of the molecule is COC(=O)c1ccc(OC(=O)c2oc3c(c2C)C2(CCC3)SCCS2)cc1. The van der Waals surface area contributed by atoms with E-state index in [1.54, 1.807) is 24.3 Å². The highest BCUT2D eigenvalue weighted by Crippen LogP contribution is 2.59. The van der Waals surface area contributed by atoms with Crippen LogP contribution in [0.5, 0.6) is 5.75 Å². The molecule has 4 rings (SSSR count). The highest BCUT2D eigenvalue weighted by molar-refractivity contribution is 8.20. The molecular weight excluding hydrogens is 384 g/mol. The molecule has 0 saturated carbocycles. The number of ether oxygens (including phenoxy) is 2. The van der Waals surface area contributed by atoms with Crippen molar-refractivity contribution in [3.8, 4) is 5.75 Å². The molecule has 2 aromatic rings. The van der Waals surface area contributed by atoms with Gasteiger partial charge in [0.1, 0.15) is 11.5 Å². The van der Waals surface area contributed by atoms with E-state index in [-0.39, 0.29) is 9.84 Å². The second-order valence-electron chi connectivity index (χ2n) is 6.56. The molecule has 1 aliphatic heterocycles. The van der Waals surface area contributed by atoms with Gasteiger partial charge in [0.15, 0.2) is 0 Å². The molecule has 1 aromatic carbocycles. The summed E-state index contributed by atoms with van der Waals surface area (Å²) in [4.78, 5) is 24.2. The molecule has 0 bridgehead atoms. The normalized spacial score (nSPS) is 17.6. The van der Waals surface area contributed by atoms with Gasteiger partial charge in [0.2, 0.25) is 5.76 Å². The molecule has 2 heterocycles. The van der Waals surface area contributed by atoms with Crippen molar-refractivity contribution >= 4 is 35.5 Å². The number of hydrogen-bond donors (Lipinski definition) is 0. The molecule has 0 N–H and O–H groups in total. The first-order valence-corrected chi connectivity index (χ1v) is 10.8. The molecule has 142 valence electrons. The lowest BCUT2D eigenvalue weighted by molar-refractivity contribution is 0.0600. The van der Waals surface area contributed by atoms with Crippen LogP contribution in [0.2, 0.25) is 0 Å². The number of carbonyl (C=O) groups is 2. The summed E-state index contributed by atoms with van der Waals surface area (Å²) in [5, 5.41) is 0. The molecule has 7 heteroatoms. The van der Waals surface area contributed by atoms with Crippen LogP contribution >= 0.6 is 23.5 Å². The Kier molecular flexibility index (Phi) is 4.99. The Hall–Kier alpha value is -1.86. The van der Waals surface area contributed by atoms with Crippen LogP contribution in [0.25, 0.3) is 0 Å². The van der Waals surface area contributed by atoms with E-state index in [1.807, 2.05) is 30.4 Å². The lowest BCUT2D eigenvalue weighted by Gasteiger charge is -2.31. The van der Waals surface area contributed by atoms with Gasteiger partial charge in [0, 0.05) is 29.1 Å². The Labute approximate surface area is 166 Å². The highest BCUT2D eigenvalue weighted by Gasteiger charge is 2.45. The van der Waals surface area contributed by atoms with Crippen molar-refractivity contribution in [2.45, 2.75) is 30.3 Å². The number of rotatable bonds is 3. The minimum absolute atomic E-state index is 0.0296. The minimum atomic E-state index is -0.504. The highest BCUT2D eigenvalue weighted by atomic mass is 32.2. The summed E-state index contributed by atoms with van der Waals surface area (Å²) in [5.74, 6) is 2.89. The number of esters is 2. The molecular formula is C20H20O5S2. The third-order valence-corrected chi connectivity index (χ3v) is 8.47. The molecule has 0 radical (unpaired) electrons. The zero-order valence-electron chi connectivity index (χ0n) is 15.2. The number of methoxy groups -OCH3 is 1. The molecule has 0 amide bonds. The number of furan rings is 1. The average molecular weight is 405 g/mol. The van der Waals surface area contributed by atoms with Crippen molar-refractivity contribution in [1.82, 2.24) is 0 Å². The van der Waals surface area contributed by atoms with Crippen molar-refractivity contribution < 1.29 is 23.5 Å². The van der Waals surface area contributed by atoms with Gasteiger partial charge in [-0.3, -0.25) is 0 Å². The predicted octanol–water partition coefficient (Wildman–Crippen LogP) is 4.56. The van der Waals surface area contributed by atoms with Crippen molar-refractivity contribution in [2.75, 3.05) is 18.6 Å². The standard InChI is InChI=1S/C20H20O5S2/c1-12-16-15(4-3-9-20(16)26-10-11-27-20)25-17(12)19(22)24-14-7-5-13(6-8-14)18(21)23-2/h5-8H,3-4,9-11H2,1-2H3. The summed E-state index contributed by atoms with van der Waals surface area (Å²) in [6.07, 6.45) is 3.04. The quantitative estimate of drug-likeness (QED) is 0.549. The van der Waals surface area contributed by atoms with Gasteiger partial charge in [-0.25, -0.2) is 9.59 Å². The smallest absolute Gasteiger partial charge is 0.379 e. The van der Waals surface area contributed by atoms with Gasteiger partial charge in [0.05, 0.1) is 16.8 Å². The number of hydrogen-bond acceptors (Lipinski definition) is 7. The molecule has 1 spiro atoms. The van der Waals surface area contributed by atoms with Gasteiger partial charge >= 0.3 is 11.9 Å². The third-order valence-electron chi connectivity index (χ3n) is 4.94. The van der Waals surface area contributed by atoms with Gasteiger partial charge in [-0.05, 0) is 44.0 Å². The van der Waals surface area contributed by atoms with E-state index >= 15 is 0 Å². The molecule has 1 aliphatic carbocycles. The van der Waals surface area contributed by atoms with E-state index in [0.29, 0.717) is 11.3 Å². The number of aryl methyl sites for hydroxylation is 1. The van der Waals surface area contributed by atoms with Crippen LogP contribution in [0.3, 0.4) is 0 Å². The zero-order valence-corrected chi connectivity index (χ0v) is 16.8. The van der Waals surface area contributed by atoms with Gasteiger partial charge in [-0.1, -0.05) is 0 Å². The molecule has 2 aliphatic rings. The maximum atomic E-state index is 12.7. The molecule has 0 unspecified atom stereocenters. The Bertz CT molecular complexity index is 879. The van der Waals surface area contributed by atoms with Crippen LogP contribution < -0.4 is 4.74 Å².